The second-order valence-corrected chi connectivity index (χ2v) is 7.24. The minimum atomic E-state index is -0.327. The van der Waals surface area contributed by atoms with Gasteiger partial charge in [0, 0.05) is 18.5 Å². The van der Waals surface area contributed by atoms with Crippen molar-refractivity contribution in [2.75, 3.05) is 11.9 Å². The van der Waals surface area contributed by atoms with Gasteiger partial charge in [-0.05, 0) is 37.3 Å². The number of benzene rings is 1. The van der Waals surface area contributed by atoms with E-state index in [1.54, 1.807) is 13.8 Å². The molecule has 154 valence electrons. The molecule has 0 aliphatic rings. The number of fused-ring (bicyclic) bond motifs is 1. The van der Waals surface area contributed by atoms with Crippen LogP contribution < -0.4 is 10.9 Å². The number of hydrogen-bond acceptors (Lipinski definition) is 6. The van der Waals surface area contributed by atoms with Crippen LogP contribution in [-0.4, -0.2) is 32.2 Å². The van der Waals surface area contributed by atoms with Gasteiger partial charge in [0.25, 0.3) is 11.3 Å². The molecule has 0 saturated carbocycles. The van der Waals surface area contributed by atoms with E-state index in [1.807, 2.05) is 0 Å². The van der Waals surface area contributed by atoms with Gasteiger partial charge in [-0.25, -0.2) is 4.98 Å². The summed E-state index contributed by atoms with van der Waals surface area (Å²) in [5, 5.41) is 6.14. The van der Waals surface area contributed by atoms with Crippen LogP contribution in [0.3, 0.4) is 0 Å². The molecule has 0 saturated heterocycles. The first-order valence-corrected chi connectivity index (χ1v) is 9.85. The van der Waals surface area contributed by atoms with Crippen LogP contribution >= 0.6 is 0 Å². The normalized spacial score (nSPS) is 11.2. The highest BCUT2D eigenvalue weighted by Gasteiger charge is 2.15. The number of aromatic nitrogens is 4. The largest absolute Gasteiger partial charge is 0.466 e. The topological polar surface area (TPSA) is 101 Å². The lowest BCUT2D eigenvalue weighted by atomic mass is 10.0. The summed E-state index contributed by atoms with van der Waals surface area (Å²) in [6.45, 7) is 8.72. The summed E-state index contributed by atoms with van der Waals surface area (Å²) in [4.78, 5) is 33.1. The standard InChI is InChI=1S/C21H27N5O3/c1-5-29-18(27)11-10-17-14(4)23-21-24-20(25-26(21)19(17)28)22-12-15-6-8-16(9-7-15)13(2)3/h6-9,13H,5,10-12H2,1-4H3,(H2,22,23,24,25). The first-order chi connectivity index (χ1) is 13.9. The zero-order valence-electron chi connectivity index (χ0n) is 17.3. The van der Waals surface area contributed by atoms with Crippen LogP contribution in [0.25, 0.3) is 5.78 Å². The molecule has 2 N–H and O–H groups in total. The average molecular weight is 397 g/mol. The first-order valence-electron chi connectivity index (χ1n) is 9.85. The van der Waals surface area contributed by atoms with Crippen molar-refractivity contribution in [2.45, 2.75) is 53.0 Å². The Balaban J connectivity index is 1.74. The van der Waals surface area contributed by atoms with Gasteiger partial charge >= 0.3 is 5.97 Å². The maximum atomic E-state index is 12.8. The van der Waals surface area contributed by atoms with Gasteiger partial charge in [0.2, 0.25) is 5.95 Å². The number of aromatic amines is 1. The molecule has 0 amide bonds. The van der Waals surface area contributed by atoms with E-state index in [0.29, 0.717) is 42.1 Å². The highest BCUT2D eigenvalue weighted by atomic mass is 16.5. The first kappa shape index (κ1) is 20.6. The molecule has 3 aromatic rings. The Morgan fingerprint density at radius 1 is 1.24 bits per heavy atom. The number of nitrogens with one attached hydrogen (secondary N) is 2. The molecule has 29 heavy (non-hydrogen) atoms. The van der Waals surface area contributed by atoms with Gasteiger partial charge in [-0.3, -0.25) is 14.7 Å². The van der Waals surface area contributed by atoms with Gasteiger partial charge in [0.1, 0.15) is 0 Å². The van der Waals surface area contributed by atoms with Crippen LogP contribution in [0.15, 0.2) is 29.1 Å². The van der Waals surface area contributed by atoms with Crippen molar-refractivity contribution in [2.24, 2.45) is 0 Å². The lowest BCUT2D eigenvalue weighted by molar-refractivity contribution is -0.143. The fourth-order valence-electron chi connectivity index (χ4n) is 3.09. The third-order valence-corrected chi connectivity index (χ3v) is 4.79. The molecule has 0 fully saturated rings. The molecule has 2 aromatic heterocycles. The predicted molar refractivity (Wildman–Crippen MR) is 111 cm³/mol. The molecule has 0 bridgehead atoms. The quantitative estimate of drug-likeness (QED) is 0.567. The second-order valence-electron chi connectivity index (χ2n) is 7.24. The fraction of sp³-hybridized carbons (Fsp3) is 0.429. The van der Waals surface area contributed by atoms with Crippen molar-refractivity contribution in [1.29, 1.82) is 0 Å². The zero-order valence-corrected chi connectivity index (χ0v) is 17.3. The molecule has 8 heteroatoms. The van der Waals surface area contributed by atoms with E-state index in [4.69, 9.17) is 4.74 Å². The molecule has 0 atom stereocenters. The lowest BCUT2D eigenvalue weighted by Gasteiger charge is -2.07. The Kier molecular flexibility index (Phi) is 6.31. The Morgan fingerprint density at radius 3 is 2.62 bits per heavy atom. The SMILES string of the molecule is CCOC(=O)CCc1c(C)nc2nc(NCc3ccc(C(C)C)cc3)[nH]n2c1=O. The van der Waals surface area contributed by atoms with Crippen LogP contribution in [-0.2, 0) is 22.5 Å². The van der Waals surface area contributed by atoms with E-state index < -0.39 is 0 Å². The number of carbonyl (C=O) groups excluding carboxylic acids is 1. The summed E-state index contributed by atoms with van der Waals surface area (Å²) in [5.74, 6) is 0.924. The number of esters is 1. The molecule has 3 rings (SSSR count). The molecular formula is C21H27N5O3. The molecule has 1 aromatic carbocycles. The third kappa shape index (κ3) is 4.82. The minimum absolute atomic E-state index is 0.142. The van der Waals surface area contributed by atoms with Gasteiger partial charge in [0.15, 0.2) is 0 Å². The monoisotopic (exact) mass is 397 g/mol. The molecule has 2 heterocycles. The molecule has 0 radical (unpaired) electrons. The Bertz CT molecular complexity index is 1050. The summed E-state index contributed by atoms with van der Waals surface area (Å²) in [6, 6.07) is 8.39. The Hall–Kier alpha value is -3.16. The molecule has 0 spiro atoms. The minimum Gasteiger partial charge on any atom is -0.466 e. The van der Waals surface area contributed by atoms with Crippen molar-refractivity contribution in [1.82, 2.24) is 19.6 Å². The maximum Gasteiger partial charge on any atom is 0.306 e. The number of hydrogen-bond donors (Lipinski definition) is 2. The summed E-state index contributed by atoms with van der Waals surface area (Å²) < 4.78 is 6.23. The fourth-order valence-corrected chi connectivity index (χ4v) is 3.09. The maximum absolute atomic E-state index is 12.8. The molecule has 0 aliphatic carbocycles. The number of anilines is 1. The van der Waals surface area contributed by atoms with E-state index in [0.717, 1.165) is 5.56 Å². The van der Waals surface area contributed by atoms with Gasteiger partial charge in [-0.2, -0.15) is 9.50 Å². The summed E-state index contributed by atoms with van der Waals surface area (Å²) >= 11 is 0. The van der Waals surface area contributed by atoms with E-state index >= 15 is 0 Å². The highest BCUT2D eigenvalue weighted by Crippen LogP contribution is 2.15. The highest BCUT2D eigenvalue weighted by molar-refractivity contribution is 5.69. The van der Waals surface area contributed by atoms with Crippen molar-refractivity contribution < 1.29 is 9.53 Å². The summed E-state index contributed by atoms with van der Waals surface area (Å²) in [6.07, 6.45) is 0.423. The average Bonchev–Trinajstić information content (AvgIpc) is 3.09. The van der Waals surface area contributed by atoms with Crippen LogP contribution in [0, 0.1) is 6.92 Å². The van der Waals surface area contributed by atoms with Gasteiger partial charge in [-0.15, -0.1) is 0 Å². The Morgan fingerprint density at radius 2 is 1.97 bits per heavy atom. The zero-order chi connectivity index (χ0) is 21.0. The van der Waals surface area contributed by atoms with Crippen LogP contribution in [0.5, 0.6) is 0 Å². The van der Waals surface area contributed by atoms with Gasteiger partial charge < -0.3 is 10.1 Å². The van der Waals surface area contributed by atoms with E-state index in [1.165, 1.54) is 10.1 Å². The third-order valence-electron chi connectivity index (χ3n) is 4.79. The van der Waals surface area contributed by atoms with E-state index in [-0.39, 0.29) is 24.4 Å². The smallest absolute Gasteiger partial charge is 0.306 e. The lowest BCUT2D eigenvalue weighted by Crippen LogP contribution is -2.23. The van der Waals surface area contributed by atoms with Crippen LogP contribution in [0.1, 0.15) is 55.5 Å². The molecule has 0 unspecified atom stereocenters. The van der Waals surface area contributed by atoms with Gasteiger partial charge in [-0.1, -0.05) is 38.1 Å². The van der Waals surface area contributed by atoms with Crippen molar-refractivity contribution in [3.63, 3.8) is 0 Å². The van der Waals surface area contributed by atoms with Crippen molar-refractivity contribution in [3.05, 3.63) is 57.0 Å². The van der Waals surface area contributed by atoms with Crippen molar-refractivity contribution in [3.8, 4) is 0 Å². The van der Waals surface area contributed by atoms with Crippen LogP contribution in [0.4, 0.5) is 5.95 Å². The summed E-state index contributed by atoms with van der Waals surface area (Å²) in [5.41, 5.74) is 3.20. The second kappa shape index (κ2) is 8.89. The number of aryl methyl sites for hydroxylation is 1. The van der Waals surface area contributed by atoms with E-state index in [9.17, 15) is 9.59 Å². The van der Waals surface area contributed by atoms with E-state index in [2.05, 4.69) is 58.5 Å². The molecular weight excluding hydrogens is 370 g/mol. The predicted octanol–water partition coefficient (Wildman–Crippen LogP) is 2.96. The van der Waals surface area contributed by atoms with Gasteiger partial charge in [0.05, 0.1) is 12.3 Å². The number of H-pyrrole nitrogens is 1. The Labute approximate surface area is 169 Å². The molecule has 0 aliphatic heterocycles. The number of rotatable bonds is 8. The summed E-state index contributed by atoms with van der Waals surface area (Å²) in [7, 11) is 0. The van der Waals surface area contributed by atoms with Crippen LogP contribution in [0.2, 0.25) is 0 Å². The number of ether oxygens (including phenoxy) is 1. The number of nitrogens with zero attached hydrogens (tertiary/aromatic N) is 3. The van der Waals surface area contributed by atoms with Crippen molar-refractivity contribution >= 4 is 17.7 Å². The number of carbonyl (C=O) groups is 1. The molecule has 8 nitrogen and oxygen atoms in total.